The number of carboxylic acid groups (broad SMARTS) is 1. The number of aliphatic hydroxyl groups excluding tert-OH is 1. The lowest BCUT2D eigenvalue weighted by atomic mass is 10.0. The molecule has 2 rings (SSSR count). The van der Waals surface area contributed by atoms with Gasteiger partial charge in [0.1, 0.15) is 0 Å². The van der Waals surface area contributed by atoms with E-state index in [1.165, 1.54) is 6.07 Å². The number of carbonyl (C=O) groups is 1. The molecule has 0 aromatic heterocycles. The summed E-state index contributed by atoms with van der Waals surface area (Å²) >= 11 is 0. The highest BCUT2D eigenvalue weighted by atomic mass is 19.4. The maximum Gasteiger partial charge on any atom is 0.416 e. The average molecular weight is 303 g/mol. The number of hydrogen-bond donors (Lipinski definition) is 2. The van der Waals surface area contributed by atoms with Gasteiger partial charge in [-0.3, -0.25) is 0 Å². The third kappa shape index (κ3) is 3.29. The Morgan fingerprint density at radius 2 is 2.10 bits per heavy atom. The zero-order valence-electron chi connectivity index (χ0n) is 11.4. The third-order valence-corrected chi connectivity index (χ3v) is 3.80. The Kier molecular flexibility index (Phi) is 4.13. The highest BCUT2D eigenvalue weighted by molar-refractivity contribution is 5.94. The summed E-state index contributed by atoms with van der Waals surface area (Å²) in [5.41, 5.74) is -1.08. The lowest BCUT2D eigenvalue weighted by Crippen LogP contribution is -2.25. The van der Waals surface area contributed by atoms with Crippen LogP contribution in [0.2, 0.25) is 0 Å². The predicted octanol–water partition coefficient (Wildman–Crippen LogP) is 2.61. The first-order chi connectivity index (χ1) is 9.70. The van der Waals surface area contributed by atoms with E-state index in [1.54, 1.807) is 11.8 Å². The van der Waals surface area contributed by atoms with Gasteiger partial charge in [-0.1, -0.05) is 0 Å². The van der Waals surface area contributed by atoms with E-state index < -0.39 is 23.8 Å². The highest BCUT2D eigenvalue weighted by Crippen LogP contribution is 2.34. The van der Waals surface area contributed by atoms with Gasteiger partial charge >= 0.3 is 12.1 Å². The number of aliphatic hydroxyl groups is 1. The van der Waals surface area contributed by atoms with Crippen LogP contribution in [-0.4, -0.2) is 35.4 Å². The van der Waals surface area contributed by atoms with Gasteiger partial charge in [-0.05, 0) is 31.5 Å². The van der Waals surface area contributed by atoms with Gasteiger partial charge in [0.2, 0.25) is 0 Å². The van der Waals surface area contributed by atoms with Crippen molar-refractivity contribution in [3.05, 3.63) is 29.3 Å². The van der Waals surface area contributed by atoms with E-state index in [-0.39, 0.29) is 17.2 Å². The molecule has 2 atom stereocenters. The minimum Gasteiger partial charge on any atom is -0.478 e. The van der Waals surface area contributed by atoms with Crippen molar-refractivity contribution < 1.29 is 28.2 Å². The summed E-state index contributed by atoms with van der Waals surface area (Å²) in [7, 11) is 0. The monoisotopic (exact) mass is 303 g/mol. The number of carboxylic acids is 1. The van der Waals surface area contributed by atoms with Crippen LogP contribution in [0, 0.1) is 5.92 Å². The average Bonchev–Trinajstić information content (AvgIpc) is 2.86. The van der Waals surface area contributed by atoms with Crippen LogP contribution in [-0.2, 0) is 6.18 Å². The molecule has 1 aliphatic heterocycles. The molecule has 0 spiro atoms. The van der Waals surface area contributed by atoms with Crippen molar-refractivity contribution in [1.82, 2.24) is 0 Å². The van der Waals surface area contributed by atoms with E-state index >= 15 is 0 Å². The van der Waals surface area contributed by atoms with Gasteiger partial charge in [-0.2, -0.15) is 13.2 Å². The Bertz CT molecular complexity index is 543. The molecule has 2 N–H and O–H groups in total. The molecule has 0 radical (unpaired) electrons. The Morgan fingerprint density at radius 1 is 1.43 bits per heavy atom. The molecular weight excluding hydrogens is 287 g/mol. The second-order valence-electron chi connectivity index (χ2n) is 5.27. The quantitative estimate of drug-likeness (QED) is 0.901. The van der Waals surface area contributed by atoms with Crippen molar-refractivity contribution in [1.29, 1.82) is 0 Å². The van der Waals surface area contributed by atoms with E-state index in [0.29, 0.717) is 25.6 Å². The summed E-state index contributed by atoms with van der Waals surface area (Å²) in [6, 6.07) is 2.74. The fourth-order valence-corrected chi connectivity index (χ4v) is 2.56. The Balaban J connectivity index is 2.34. The number of halogens is 3. The fourth-order valence-electron chi connectivity index (χ4n) is 2.56. The molecule has 0 bridgehead atoms. The van der Waals surface area contributed by atoms with Crippen molar-refractivity contribution in [3.8, 4) is 0 Å². The van der Waals surface area contributed by atoms with Crippen molar-refractivity contribution in [3.63, 3.8) is 0 Å². The molecular formula is C14H16F3NO3. The number of nitrogens with zero attached hydrogens (tertiary/aromatic N) is 1. The molecule has 0 amide bonds. The van der Waals surface area contributed by atoms with E-state index in [4.69, 9.17) is 5.11 Å². The summed E-state index contributed by atoms with van der Waals surface area (Å²) < 4.78 is 38.0. The number of anilines is 1. The normalized spacial score (nSPS) is 20.6. The van der Waals surface area contributed by atoms with Crippen LogP contribution in [0.4, 0.5) is 18.9 Å². The van der Waals surface area contributed by atoms with Gasteiger partial charge < -0.3 is 15.1 Å². The molecule has 1 aromatic rings. The summed E-state index contributed by atoms with van der Waals surface area (Å²) in [6.07, 6.45) is -4.43. The molecule has 7 heteroatoms. The second-order valence-corrected chi connectivity index (χ2v) is 5.27. The number of alkyl halides is 3. The van der Waals surface area contributed by atoms with Gasteiger partial charge in [0.25, 0.3) is 0 Å². The molecule has 0 saturated carbocycles. The first-order valence-electron chi connectivity index (χ1n) is 6.57. The summed E-state index contributed by atoms with van der Waals surface area (Å²) in [5.74, 6) is -1.40. The topological polar surface area (TPSA) is 60.8 Å². The molecule has 116 valence electrons. The fraction of sp³-hybridized carbons (Fsp3) is 0.500. The molecule has 1 saturated heterocycles. The van der Waals surface area contributed by atoms with Crippen LogP contribution in [0.5, 0.6) is 0 Å². The highest BCUT2D eigenvalue weighted by Gasteiger charge is 2.34. The van der Waals surface area contributed by atoms with Gasteiger partial charge in [-0.15, -0.1) is 0 Å². The Hall–Kier alpha value is -1.76. The Labute approximate surface area is 119 Å². The zero-order valence-corrected chi connectivity index (χ0v) is 11.4. The molecule has 1 heterocycles. The second kappa shape index (κ2) is 5.55. The van der Waals surface area contributed by atoms with Gasteiger partial charge in [0.15, 0.2) is 0 Å². The van der Waals surface area contributed by atoms with Crippen molar-refractivity contribution in [2.75, 3.05) is 18.0 Å². The number of hydrogen-bond acceptors (Lipinski definition) is 3. The molecule has 1 aliphatic rings. The number of benzene rings is 1. The standard InChI is InChI=1S/C14H16F3NO3/c1-8(19)9-4-5-18(7-9)12-3-2-10(14(15,16)17)6-11(12)13(20)21/h2-3,6,8-9,19H,4-5,7H2,1H3,(H,20,21). The largest absolute Gasteiger partial charge is 0.478 e. The Morgan fingerprint density at radius 3 is 2.57 bits per heavy atom. The van der Waals surface area contributed by atoms with E-state index in [0.717, 1.165) is 6.07 Å². The maximum atomic E-state index is 12.7. The first kappa shape index (κ1) is 15.6. The molecule has 0 aliphatic carbocycles. The molecule has 1 fully saturated rings. The third-order valence-electron chi connectivity index (χ3n) is 3.80. The summed E-state index contributed by atoms with van der Waals surface area (Å²) in [4.78, 5) is 12.9. The van der Waals surface area contributed by atoms with Crippen LogP contribution in [0.15, 0.2) is 18.2 Å². The molecule has 2 unspecified atom stereocenters. The molecule has 21 heavy (non-hydrogen) atoms. The number of aromatic carboxylic acids is 1. The van der Waals surface area contributed by atoms with Crippen molar-refractivity contribution in [2.45, 2.75) is 25.6 Å². The molecule has 4 nitrogen and oxygen atoms in total. The van der Waals surface area contributed by atoms with Gasteiger partial charge in [0, 0.05) is 19.0 Å². The summed E-state index contributed by atoms with van der Waals surface area (Å²) in [5, 5.41) is 18.7. The van der Waals surface area contributed by atoms with Crippen molar-refractivity contribution in [2.24, 2.45) is 5.92 Å². The van der Waals surface area contributed by atoms with E-state index in [1.807, 2.05) is 0 Å². The lowest BCUT2D eigenvalue weighted by molar-refractivity contribution is -0.137. The summed E-state index contributed by atoms with van der Waals surface area (Å²) in [6.45, 7) is 2.60. The SMILES string of the molecule is CC(O)C1CCN(c2ccc(C(F)(F)F)cc2C(=O)O)C1. The van der Waals surface area contributed by atoms with Gasteiger partial charge in [-0.25, -0.2) is 4.79 Å². The van der Waals surface area contributed by atoms with E-state index in [2.05, 4.69) is 0 Å². The predicted molar refractivity (Wildman–Crippen MR) is 70.4 cm³/mol. The minimum atomic E-state index is -4.57. The smallest absolute Gasteiger partial charge is 0.416 e. The van der Waals surface area contributed by atoms with Crippen molar-refractivity contribution >= 4 is 11.7 Å². The van der Waals surface area contributed by atoms with Crippen LogP contribution in [0.1, 0.15) is 29.3 Å². The lowest BCUT2D eigenvalue weighted by Gasteiger charge is -2.22. The van der Waals surface area contributed by atoms with Gasteiger partial charge in [0.05, 0.1) is 22.9 Å². The zero-order chi connectivity index (χ0) is 15.8. The minimum absolute atomic E-state index is 0.00561. The maximum absolute atomic E-state index is 12.7. The molecule has 1 aromatic carbocycles. The number of rotatable bonds is 3. The first-order valence-corrected chi connectivity index (χ1v) is 6.57. The van der Waals surface area contributed by atoms with E-state index in [9.17, 15) is 23.1 Å². The van der Waals surface area contributed by atoms with Crippen LogP contribution in [0.3, 0.4) is 0 Å². The van der Waals surface area contributed by atoms with Crippen LogP contribution < -0.4 is 4.90 Å². The van der Waals surface area contributed by atoms with Crippen LogP contribution in [0.25, 0.3) is 0 Å². The van der Waals surface area contributed by atoms with Crippen LogP contribution >= 0.6 is 0 Å².